The molecule has 3 aromatic rings. The van der Waals surface area contributed by atoms with E-state index in [2.05, 4.69) is 15.3 Å². The van der Waals surface area contributed by atoms with E-state index in [0.717, 1.165) is 51.2 Å². The largest absolute Gasteiger partial charge is 0.474 e. The number of aromatic nitrogens is 2. The number of ketones is 1. The second kappa shape index (κ2) is 7.37. The lowest BCUT2D eigenvalue weighted by atomic mass is 9.90. The predicted molar refractivity (Wildman–Crippen MR) is 126 cm³/mol. The number of benzene rings is 1. The number of carbonyl (C=O) groups is 1. The Hall–Kier alpha value is -3.80. The van der Waals surface area contributed by atoms with Gasteiger partial charge in [-0.2, -0.15) is 0 Å². The van der Waals surface area contributed by atoms with Crippen LogP contribution < -0.4 is 10.1 Å². The van der Waals surface area contributed by atoms with Crippen molar-refractivity contribution in [1.29, 1.82) is 0 Å². The quantitative estimate of drug-likeness (QED) is 0.578. The first-order chi connectivity index (χ1) is 16.0. The third kappa shape index (κ3) is 3.09. The fraction of sp³-hybridized carbons (Fsp3) is 0.222. The molecule has 0 radical (unpaired) electrons. The Kier molecular flexibility index (Phi) is 4.43. The van der Waals surface area contributed by atoms with Crippen LogP contribution in [0.15, 0.2) is 42.2 Å². The van der Waals surface area contributed by atoms with Gasteiger partial charge in [0.2, 0.25) is 5.88 Å². The molecule has 1 aliphatic heterocycles. The fourth-order valence-electron chi connectivity index (χ4n) is 5.11. The molecule has 2 aliphatic carbocycles. The second-order valence-corrected chi connectivity index (χ2v) is 8.74. The van der Waals surface area contributed by atoms with E-state index in [4.69, 9.17) is 4.74 Å². The number of allylic oxidation sites excluding steroid dienone is 3. The van der Waals surface area contributed by atoms with Crippen LogP contribution in [-0.4, -0.2) is 28.9 Å². The van der Waals surface area contributed by atoms with Gasteiger partial charge in [-0.15, -0.1) is 0 Å². The smallest absolute Gasteiger partial charge is 0.237 e. The average Bonchev–Trinajstić information content (AvgIpc) is 3.38. The molecular formula is C27H22FN3O2. The number of pyridine rings is 2. The maximum Gasteiger partial charge on any atom is 0.237 e. The minimum absolute atomic E-state index is 0.0516. The van der Waals surface area contributed by atoms with E-state index in [1.54, 1.807) is 18.5 Å². The van der Waals surface area contributed by atoms with Crippen molar-refractivity contribution in [2.45, 2.75) is 26.7 Å². The first-order valence-electron chi connectivity index (χ1n) is 11.1. The van der Waals surface area contributed by atoms with Gasteiger partial charge in [0.05, 0.1) is 5.69 Å². The molecule has 6 heteroatoms. The molecule has 1 N–H and O–H groups in total. The van der Waals surface area contributed by atoms with E-state index in [1.165, 1.54) is 0 Å². The van der Waals surface area contributed by atoms with Crippen LogP contribution in [0.5, 0.6) is 5.88 Å². The van der Waals surface area contributed by atoms with Crippen molar-refractivity contribution in [1.82, 2.24) is 9.97 Å². The van der Waals surface area contributed by atoms with Gasteiger partial charge >= 0.3 is 0 Å². The summed E-state index contributed by atoms with van der Waals surface area (Å²) >= 11 is 0. The zero-order valence-electron chi connectivity index (χ0n) is 18.5. The van der Waals surface area contributed by atoms with Crippen molar-refractivity contribution in [2.24, 2.45) is 0 Å². The predicted octanol–water partition coefficient (Wildman–Crippen LogP) is 4.85. The lowest BCUT2D eigenvalue weighted by molar-refractivity contribution is -0.112. The number of halogens is 1. The van der Waals surface area contributed by atoms with Crippen molar-refractivity contribution in [3.8, 4) is 17.0 Å². The zero-order valence-corrected chi connectivity index (χ0v) is 18.5. The van der Waals surface area contributed by atoms with Crippen LogP contribution in [-0.2, 0) is 17.6 Å². The highest BCUT2D eigenvalue weighted by atomic mass is 19.1. The number of hydrogen-bond acceptors (Lipinski definition) is 5. The van der Waals surface area contributed by atoms with Gasteiger partial charge in [-0.25, -0.2) is 9.37 Å². The minimum Gasteiger partial charge on any atom is -0.474 e. The molecule has 0 spiro atoms. The number of hydrogen-bond donors (Lipinski definition) is 1. The molecule has 3 aliphatic rings. The van der Waals surface area contributed by atoms with E-state index < -0.39 is 0 Å². The molecule has 3 heterocycles. The van der Waals surface area contributed by atoms with Crippen LogP contribution in [0.2, 0.25) is 0 Å². The summed E-state index contributed by atoms with van der Waals surface area (Å²) in [5.74, 6) is 0.164. The van der Waals surface area contributed by atoms with Gasteiger partial charge in [-0.3, -0.25) is 9.78 Å². The molecule has 0 unspecified atom stereocenters. The van der Waals surface area contributed by atoms with Crippen LogP contribution in [0.1, 0.15) is 33.5 Å². The van der Waals surface area contributed by atoms with E-state index >= 15 is 4.39 Å². The lowest BCUT2D eigenvalue weighted by Crippen LogP contribution is -2.20. The van der Waals surface area contributed by atoms with Crippen molar-refractivity contribution >= 4 is 23.1 Å². The Labute approximate surface area is 191 Å². The fourth-order valence-corrected chi connectivity index (χ4v) is 5.11. The molecule has 0 fully saturated rings. The van der Waals surface area contributed by atoms with Gasteiger partial charge in [-0.1, -0.05) is 6.07 Å². The Bertz CT molecular complexity index is 1420. The normalized spacial score (nSPS) is 17.2. The van der Waals surface area contributed by atoms with Gasteiger partial charge in [0.1, 0.15) is 18.1 Å². The second-order valence-electron chi connectivity index (χ2n) is 8.74. The van der Waals surface area contributed by atoms with Gasteiger partial charge in [0, 0.05) is 42.1 Å². The summed E-state index contributed by atoms with van der Waals surface area (Å²) in [6.07, 6.45) is 8.23. The van der Waals surface area contributed by atoms with Crippen molar-refractivity contribution < 1.29 is 13.9 Å². The number of carbonyl (C=O) groups excluding carboxylic acids is 1. The molecule has 0 amide bonds. The molecule has 1 aromatic carbocycles. The monoisotopic (exact) mass is 439 g/mol. The van der Waals surface area contributed by atoms with Crippen molar-refractivity contribution in [2.75, 3.05) is 18.5 Å². The number of Topliss-reactive ketones (excluding diaryl/α,β-unsaturated/α-hetero) is 1. The summed E-state index contributed by atoms with van der Waals surface area (Å²) in [7, 11) is 0. The molecule has 2 aromatic heterocycles. The summed E-state index contributed by atoms with van der Waals surface area (Å²) in [5.41, 5.74) is 9.11. The van der Waals surface area contributed by atoms with Gasteiger partial charge in [0.15, 0.2) is 5.78 Å². The molecule has 5 nitrogen and oxygen atoms in total. The highest BCUT2D eigenvalue weighted by molar-refractivity contribution is 6.26. The van der Waals surface area contributed by atoms with Crippen molar-refractivity contribution in [3.05, 3.63) is 81.6 Å². The van der Waals surface area contributed by atoms with Crippen LogP contribution in [0.4, 0.5) is 10.1 Å². The molecule has 0 bridgehead atoms. The third-order valence-corrected chi connectivity index (χ3v) is 6.76. The summed E-state index contributed by atoms with van der Waals surface area (Å²) in [6.45, 7) is 5.21. The SMILES string of the molecule is Cc1c(-c2cc(F)c3c(c2C)/C(=C/C2=Cc4ncccc4C2)C(=O)C3)cnc2c1NCCO2. The van der Waals surface area contributed by atoms with E-state index in [1.807, 2.05) is 38.1 Å². The van der Waals surface area contributed by atoms with E-state index in [9.17, 15) is 4.79 Å². The van der Waals surface area contributed by atoms with E-state index in [-0.39, 0.29) is 18.0 Å². The number of fused-ring (bicyclic) bond motifs is 3. The molecule has 6 rings (SSSR count). The van der Waals surface area contributed by atoms with Crippen LogP contribution >= 0.6 is 0 Å². The van der Waals surface area contributed by atoms with Crippen LogP contribution in [0.25, 0.3) is 22.8 Å². The summed E-state index contributed by atoms with van der Waals surface area (Å²) in [6, 6.07) is 5.50. The molecule has 0 saturated heterocycles. The molecule has 164 valence electrons. The number of nitrogens with zero attached hydrogens (tertiary/aromatic N) is 2. The maximum absolute atomic E-state index is 15.3. The highest BCUT2D eigenvalue weighted by Crippen LogP contribution is 2.43. The zero-order chi connectivity index (χ0) is 22.7. The number of rotatable bonds is 2. The first-order valence-corrected chi connectivity index (χ1v) is 11.1. The highest BCUT2D eigenvalue weighted by Gasteiger charge is 2.32. The molecule has 0 atom stereocenters. The third-order valence-electron chi connectivity index (χ3n) is 6.76. The maximum atomic E-state index is 15.3. The summed E-state index contributed by atoms with van der Waals surface area (Å²) < 4.78 is 20.9. The van der Waals surface area contributed by atoms with Gasteiger partial charge in [0.25, 0.3) is 0 Å². The summed E-state index contributed by atoms with van der Waals surface area (Å²) in [5, 5.41) is 3.34. The first kappa shape index (κ1) is 19.9. The molecule has 33 heavy (non-hydrogen) atoms. The Balaban J connectivity index is 1.49. The minimum atomic E-state index is -0.353. The van der Waals surface area contributed by atoms with Gasteiger partial charge in [-0.05, 0) is 77.9 Å². The number of anilines is 1. The average molecular weight is 439 g/mol. The van der Waals surface area contributed by atoms with Crippen LogP contribution in [0.3, 0.4) is 0 Å². The standard InChI is InChI=1S/C27H22FN3O2/c1-14-18(21-13-31-27-26(15(21)2)30-6-7-33-27)11-22(28)19-12-24(32)20(25(14)19)9-16-8-17-4-3-5-29-23(17)10-16/h3-5,9-11,13,30H,6-8,12H2,1-2H3/b20-9+. The Morgan fingerprint density at radius 2 is 2.03 bits per heavy atom. The Morgan fingerprint density at radius 1 is 1.15 bits per heavy atom. The number of nitrogens with one attached hydrogen (secondary N) is 1. The molecule has 0 saturated carbocycles. The van der Waals surface area contributed by atoms with Gasteiger partial charge < -0.3 is 10.1 Å². The summed E-state index contributed by atoms with van der Waals surface area (Å²) in [4.78, 5) is 21.8. The Morgan fingerprint density at radius 3 is 2.88 bits per heavy atom. The topological polar surface area (TPSA) is 64.1 Å². The van der Waals surface area contributed by atoms with Crippen molar-refractivity contribution in [3.63, 3.8) is 0 Å². The number of ether oxygens (including phenoxy) is 1. The van der Waals surface area contributed by atoms with Crippen LogP contribution in [0, 0.1) is 19.7 Å². The van der Waals surface area contributed by atoms with E-state index in [0.29, 0.717) is 35.7 Å². The molecular weight excluding hydrogens is 417 g/mol. The lowest BCUT2D eigenvalue weighted by Gasteiger charge is -2.22.